The van der Waals surface area contributed by atoms with Crippen LogP contribution in [0.3, 0.4) is 0 Å². The fraction of sp³-hybridized carbons (Fsp3) is 0.440. The van der Waals surface area contributed by atoms with Crippen LogP contribution < -0.4 is 5.32 Å². The van der Waals surface area contributed by atoms with Gasteiger partial charge in [-0.25, -0.2) is 19.5 Å². The number of rotatable bonds is 4. The highest BCUT2D eigenvalue weighted by molar-refractivity contribution is 5.86. The summed E-state index contributed by atoms with van der Waals surface area (Å²) in [5, 5.41) is 9.36. The van der Waals surface area contributed by atoms with Gasteiger partial charge in [0.2, 0.25) is 5.95 Å². The summed E-state index contributed by atoms with van der Waals surface area (Å²) >= 11 is 0. The van der Waals surface area contributed by atoms with Gasteiger partial charge in [0.1, 0.15) is 0 Å². The van der Waals surface area contributed by atoms with Crippen molar-refractivity contribution in [1.29, 1.82) is 0 Å². The first-order valence-corrected chi connectivity index (χ1v) is 12.0. The van der Waals surface area contributed by atoms with Crippen LogP contribution in [0.4, 0.5) is 5.95 Å². The number of fused-ring (bicyclic) bond motifs is 2. The van der Waals surface area contributed by atoms with Crippen LogP contribution in [0.2, 0.25) is 0 Å². The second-order valence-corrected chi connectivity index (χ2v) is 9.40. The molecular formula is C25H30N8. The molecule has 0 radical (unpaired) electrons. The maximum Gasteiger partial charge on any atom is 0.241 e. The minimum atomic E-state index is 0.443. The van der Waals surface area contributed by atoms with E-state index in [0.29, 0.717) is 12.0 Å². The third kappa shape index (κ3) is 4.16. The minimum absolute atomic E-state index is 0.443. The Morgan fingerprint density at radius 3 is 2.64 bits per heavy atom. The molecule has 5 heterocycles. The Balaban J connectivity index is 1.13. The van der Waals surface area contributed by atoms with Crippen LogP contribution in [0, 0.1) is 0 Å². The van der Waals surface area contributed by atoms with Crippen molar-refractivity contribution >= 4 is 22.5 Å². The van der Waals surface area contributed by atoms with Gasteiger partial charge in [-0.2, -0.15) is 0 Å². The molecule has 8 heteroatoms. The highest BCUT2D eigenvalue weighted by atomic mass is 15.3. The summed E-state index contributed by atoms with van der Waals surface area (Å²) < 4.78 is 1.91. The number of hydrogen-bond acceptors (Lipinski definition) is 7. The smallest absolute Gasteiger partial charge is 0.241 e. The highest BCUT2D eigenvalue weighted by Crippen LogP contribution is 2.28. The van der Waals surface area contributed by atoms with Crippen LogP contribution in [-0.2, 0) is 0 Å². The lowest BCUT2D eigenvalue weighted by molar-refractivity contribution is 0.0893. The molecule has 2 aliphatic rings. The number of aromatic nitrogens is 5. The molecule has 33 heavy (non-hydrogen) atoms. The third-order valence-corrected chi connectivity index (χ3v) is 7.27. The predicted molar refractivity (Wildman–Crippen MR) is 130 cm³/mol. The quantitative estimate of drug-likeness (QED) is 0.520. The zero-order valence-corrected chi connectivity index (χ0v) is 19.1. The van der Waals surface area contributed by atoms with E-state index in [1.807, 2.05) is 35.2 Å². The Kier molecular flexibility index (Phi) is 5.39. The van der Waals surface area contributed by atoms with E-state index in [1.54, 1.807) is 6.20 Å². The molecule has 2 fully saturated rings. The maximum atomic E-state index is 4.74. The largest absolute Gasteiger partial charge is 0.350 e. The van der Waals surface area contributed by atoms with Gasteiger partial charge in [0.25, 0.3) is 0 Å². The van der Waals surface area contributed by atoms with Crippen LogP contribution in [0.25, 0.3) is 27.7 Å². The molecule has 170 valence electrons. The van der Waals surface area contributed by atoms with Crippen LogP contribution in [-0.4, -0.2) is 79.7 Å². The van der Waals surface area contributed by atoms with E-state index in [2.05, 4.69) is 49.2 Å². The first-order chi connectivity index (χ1) is 16.2. The fourth-order valence-electron chi connectivity index (χ4n) is 5.28. The van der Waals surface area contributed by atoms with Crippen molar-refractivity contribution in [3.63, 3.8) is 0 Å². The summed E-state index contributed by atoms with van der Waals surface area (Å²) in [7, 11) is 2.22. The lowest BCUT2D eigenvalue weighted by Gasteiger charge is -2.41. The van der Waals surface area contributed by atoms with Crippen molar-refractivity contribution in [1.82, 2.24) is 34.4 Å². The molecule has 1 saturated heterocycles. The molecule has 0 aromatic carbocycles. The molecule has 0 atom stereocenters. The predicted octanol–water partition coefficient (Wildman–Crippen LogP) is 3.31. The summed E-state index contributed by atoms with van der Waals surface area (Å²) in [6, 6.07) is 9.35. The molecule has 1 saturated carbocycles. The average molecular weight is 443 g/mol. The van der Waals surface area contributed by atoms with Gasteiger partial charge < -0.3 is 10.2 Å². The van der Waals surface area contributed by atoms with E-state index in [1.165, 1.54) is 51.9 Å². The van der Waals surface area contributed by atoms with E-state index in [4.69, 9.17) is 5.10 Å². The van der Waals surface area contributed by atoms with E-state index in [-0.39, 0.29) is 0 Å². The Morgan fingerprint density at radius 1 is 0.939 bits per heavy atom. The molecular weight excluding hydrogens is 412 g/mol. The van der Waals surface area contributed by atoms with Crippen molar-refractivity contribution < 1.29 is 0 Å². The number of nitrogens with zero attached hydrogens (tertiary/aromatic N) is 7. The number of nitrogens with one attached hydrogen (secondary N) is 1. The molecule has 1 aliphatic carbocycles. The molecule has 0 unspecified atom stereocenters. The molecule has 4 aromatic rings. The third-order valence-electron chi connectivity index (χ3n) is 7.27. The SMILES string of the molecule is CN1CCN(C2CCC(Nc3ncc4c(-c5cnc6ncccc6c5)ccn4n3)CC2)CC1. The Bertz CT molecular complexity index is 1250. The topological polar surface area (TPSA) is 74.5 Å². The number of likely N-dealkylation sites (N-methyl/N-ethyl adjacent to an activating group) is 1. The summed E-state index contributed by atoms with van der Waals surface area (Å²) in [5.74, 6) is 0.702. The number of pyridine rings is 2. The monoisotopic (exact) mass is 442 g/mol. The van der Waals surface area contributed by atoms with Crippen molar-refractivity contribution in [2.75, 3.05) is 38.5 Å². The summed E-state index contributed by atoms with van der Waals surface area (Å²) in [6.45, 7) is 4.80. The van der Waals surface area contributed by atoms with Gasteiger partial charge in [-0.3, -0.25) is 4.90 Å². The van der Waals surface area contributed by atoms with E-state index in [0.717, 1.165) is 33.7 Å². The summed E-state index contributed by atoms with van der Waals surface area (Å²) in [5.41, 5.74) is 3.86. The van der Waals surface area contributed by atoms with Gasteiger partial charge in [-0.15, -0.1) is 5.10 Å². The molecule has 0 amide bonds. The second-order valence-electron chi connectivity index (χ2n) is 9.40. The summed E-state index contributed by atoms with van der Waals surface area (Å²) in [4.78, 5) is 18.6. The first kappa shape index (κ1) is 20.5. The van der Waals surface area contributed by atoms with E-state index < -0.39 is 0 Å². The molecule has 0 bridgehead atoms. The molecule has 4 aromatic heterocycles. The standard InChI is InChI=1S/C25H30N8/c1-31-11-13-32(14-12-31)21-6-4-20(5-7-21)29-25-28-17-23-22(8-10-33(23)30-25)19-15-18-3-2-9-26-24(18)27-16-19/h2-3,8-10,15-17,20-21H,4-7,11-14H2,1H3,(H,29,30). The van der Waals surface area contributed by atoms with Crippen molar-refractivity contribution in [2.24, 2.45) is 0 Å². The van der Waals surface area contributed by atoms with E-state index in [9.17, 15) is 0 Å². The fourth-order valence-corrected chi connectivity index (χ4v) is 5.28. The molecule has 1 aliphatic heterocycles. The van der Waals surface area contributed by atoms with Crippen molar-refractivity contribution in [2.45, 2.75) is 37.8 Å². The Hall–Kier alpha value is -3.10. The zero-order chi connectivity index (χ0) is 22.2. The van der Waals surface area contributed by atoms with Gasteiger partial charge in [0, 0.05) is 73.4 Å². The minimum Gasteiger partial charge on any atom is -0.350 e. The van der Waals surface area contributed by atoms with Crippen LogP contribution in [0.1, 0.15) is 25.7 Å². The molecule has 8 nitrogen and oxygen atoms in total. The van der Waals surface area contributed by atoms with Gasteiger partial charge in [0.05, 0.1) is 11.7 Å². The van der Waals surface area contributed by atoms with Gasteiger partial charge in [-0.05, 0) is 57.0 Å². The zero-order valence-electron chi connectivity index (χ0n) is 19.1. The van der Waals surface area contributed by atoms with Gasteiger partial charge >= 0.3 is 0 Å². The molecule has 6 rings (SSSR count). The van der Waals surface area contributed by atoms with Crippen LogP contribution in [0.15, 0.2) is 49.1 Å². The number of hydrogen-bond donors (Lipinski definition) is 1. The normalized spacial score (nSPS) is 22.7. The maximum absolute atomic E-state index is 4.74. The van der Waals surface area contributed by atoms with Gasteiger partial charge in [0.15, 0.2) is 5.65 Å². The first-order valence-electron chi connectivity index (χ1n) is 12.0. The average Bonchev–Trinajstić information content (AvgIpc) is 3.28. The Labute approximate surface area is 193 Å². The highest BCUT2D eigenvalue weighted by Gasteiger charge is 2.28. The number of anilines is 1. The Morgan fingerprint density at radius 2 is 1.79 bits per heavy atom. The van der Waals surface area contributed by atoms with Crippen LogP contribution in [0.5, 0.6) is 0 Å². The van der Waals surface area contributed by atoms with E-state index >= 15 is 0 Å². The summed E-state index contributed by atoms with van der Waals surface area (Å²) in [6.07, 6.45) is 12.4. The molecule has 0 spiro atoms. The number of piperazine rings is 1. The lowest BCUT2D eigenvalue weighted by Crippen LogP contribution is -2.50. The van der Waals surface area contributed by atoms with Crippen molar-refractivity contribution in [3.05, 3.63) is 49.1 Å². The van der Waals surface area contributed by atoms with Gasteiger partial charge in [-0.1, -0.05) is 0 Å². The van der Waals surface area contributed by atoms with Crippen LogP contribution >= 0.6 is 0 Å². The second kappa shape index (κ2) is 8.68. The van der Waals surface area contributed by atoms with Crippen molar-refractivity contribution in [3.8, 4) is 11.1 Å². The lowest BCUT2D eigenvalue weighted by atomic mass is 9.90. The molecule has 1 N–H and O–H groups in total.